The molecule has 0 N–H and O–H groups in total. The van der Waals surface area contributed by atoms with Gasteiger partial charge in [-0.25, -0.2) is 0 Å². The van der Waals surface area contributed by atoms with Crippen molar-refractivity contribution in [3.05, 3.63) is 10.2 Å². The van der Waals surface area contributed by atoms with Crippen LogP contribution in [0.25, 0.3) is 0 Å². The molecule has 0 aromatic rings. The molecule has 0 unspecified atom stereocenters. The molecule has 0 saturated heterocycles. The average Bonchev–Trinajstić information content (AvgIpc) is 2.13. The van der Waals surface area contributed by atoms with E-state index in [1.165, 1.54) is 3.78 Å². The normalized spacial score (nSPS) is 17.2. The van der Waals surface area contributed by atoms with Gasteiger partial charge in [0.25, 0.3) is 0 Å². The predicted octanol–water partition coefficient (Wildman–Crippen LogP) is -0.265. The standard InChI is InChI=1S/C6H11N2.Sb/c1-5-8(4)6-7(2)3;/h1,5H,2-4H3;/q+1;. The van der Waals surface area contributed by atoms with Crippen LogP contribution in [0, 0.1) is 0 Å². The van der Waals surface area contributed by atoms with Gasteiger partial charge in [0.05, 0.1) is 0 Å². The van der Waals surface area contributed by atoms with Crippen LogP contribution in [-0.4, -0.2) is 56.0 Å². The fraction of sp³-hybridized carbons (Fsp3) is 0.500. The number of hydrogen-bond acceptors (Lipinski definition) is 0. The summed E-state index contributed by atoms with van der Waals surface area (Å²) in [6.45, 7) is 0. The van der Waals surface area contributed by atoms with Crippen LogP contribution < -0.4 is 0 Å². The van der Waals surface area contributed by atoms with E-state index in [4.69, 9.17) is 0 Å². The van der Waals surface area contributed by atoms with Crippen LogP contribution >= 0.6 is 0 Å². The van der Waals surface area contributed by atoms with Gasteiger partial charge in [-0.1, -0.05) is 0 Å². The molecule has 1 radical (unpaired) electrons. The third kappa shape index (κ3) is 1.48. The Morgan fingerprint density at radius 2 is 2.22 bits per heavy atom. The molecule has 0 atom stereocenters. The third-order valence-electron chi connectivity index (χ3n) is 1.20. The molecule has 9 heavy (non-hydrogen) atoms. The Kier molecular flexibility index (Phi) is 2.17. The van der Waals surface area contributed by atoms with E-state index in [9.17, 15) is 0 Å². The second kappa shape index (κ2) is 2.74. The van der Waals surface area contributed by atoms with Crippen LogP contribution in [0.4, 0.5) is 0 Å². The van der Waals surface area contributed by atoms with E-state index in [1.54, 1.807) is 0 Å². The molecule has 49 valence electrons. The van der Waals surface area contributed by atoms with Crippen molar-refractivity contribution in [2.75, 3.05) is 21.1 Å². The molecule has 0 fully saturated rings. The van der Waals surface area contributed by atoms with Crippen molar-refractivity contribution in [2.45, 2.75) is 0 Å². The summed E-state index contributed by atoms with van der Waals surface area (Å²) < 4.78 is 6.02. The van der Waals surface area contributed by atoms with Crippen molar-refractivity contribution < 1.29 is 4.58 Å². The summed E-state index contributed by atoms with van der Waals surface area (Å²) in [6, 6.07) is 0. The molecule has 0 aromatic heterocycles. The molecule has 0 aliphatic carbocycles. The summed E-state index contributed by atoms with van der Waals surface area (Å²) in [6.07, 6.45) is 2.16. The van der Waals surface area contributed by atoms with Gasteiger partial charge in [-0.3, -0.25) is 0 Å². The van der Waals surface area contributed by atoms with Gasteiger partial charge in [-0.15, -0.1) is 0 Å². The van der Waals surface area contributed by atoms with Gasteiger partial charge >= 0.3 is 66.2 Å². The minimum absolute atomic E-state index is 0.140. The van der Waals surface area contributed by atoms with Crippen LogP contribution in [0.5, 0.6) is 0 Å². The van der Waals surface area contributed by atoms with Gasteiger partial charge in [-0.05, 0) is 0 Å². The van der Waals surface area contributed by atoms with Crippen molar-refractivity contribution in [1.29, 1.82) is 0 Å². The van der Waals surface area contributed by atoms with Crippen molar-refractivity contribution in [3.8, 4) is 0 Å². The molecule has 0 aromatic carbocycles. The first-order valence-electron chi connectivity index (χ1n) is 2.86. The van der Waals surface area contributed by atoms with Crippen LogP contribution in [0.2, 0.25) is 0 Å². The monoisotopic (exact) mass is 232 g/mol. The van der Waals surface area contributed by atoms with E-state index < -0.39 is 0 Å². The van der Waals surface area contributed by atoms with Gasteiger partial charge in [0.15, 0.2) is 0 Å². The molecule has 2 nitrogen and oxygen atoms in total. The first-order chi connectivity index (χ1) is 4.22. The molecule has 1 aliphatic heterocycles. The van der Waals surface area contributed by atoms with Crippen LogP contribution in [0.3, 0.4) is 0 Å². The fourth-order valence-electron chi connectivity index (χ4n) is 0.789. The Morgan fingerprint density at radius 1 is 1.56 bits per heavy atom. The van der Waals surface area contributed by atoms with E-state index in [-0.39, 0.29) is 21.6 Å². The molecular weight excluding hydrogens is 222 g/mol. The Bertz CT molecular complexity index is 168. The van der Waals surface area contributed by atoms with Gasteiger partial charge in [0, 0.05) is 0 Å². The first-order valence-corrected chi connectivity index (χ1v) is 5.61. The summed E-state index contributed by atoms with van der Waals surface area (Å²) in [4.78, 5) is 2.21. The number of amidine groups is 1. The molecule has 1 heterocycles. The molecular formula is C6H11N2Sb+. The van der Waals surface area contributed by atoms with Crippen LogP contribution in [0.1, 0.15) is 0 Å². The quantitative estimate of drug-likeness (QED) is 0.412. The van der Waals surface area contributed by atoms with Crippen molar-refractivity contribution in [1.82, 2.24) is 4.90 Å². The zero-order valence-electron chi connectivity index (χ0n) is 6.00. The van der Waals surface area contributed by atoms with Crippen LogP contribution in [-0.2, 0) is 0 Å². The summed E-state index contributed by atoms with van der Waals surface area (Å²) in [5.74, 6) is 0. The Balaban J connectivity index is 2.77. The molecule has 0 amide bonds. The zero-order chi connectivity index (χ0) is 6.85. The van der Waals surface area contributed by atoms with E-state index in [1.807, 2.05) is 0 Å². The van der Waals surface area contributed by atoms with Gasteiger partial charge in [0.2, 0.25) is 0 Å². The first kappa shape index (κ1) is 7.14. The van der Waals surface area contributed by atoms with Crippen molar-refractivity contribution in [2.24, 2.45) is 0 Å². The molecule has 1 aliphatic rings. The second-order valence-electron chi connectivity index (χ2n) is 2.23. The molecule has 0 spiro atoms. The summed E-state index contributed by atoms with van der Waals surface area (Å²) in [7, 11) is 6.32. The van der Waals surface area contributed by atoms with Crippen molar-refractivity contribution in [3.63, 3.8) is 0 Å². The minimum atomic E-state index is -0.140. The van der Waals surface area contributed by atoms with E-state index in [0.29, 0.717) is 0 Å². The Morgan fingerprint density at radius 3 is 2.44 bits per heavy atom. The maximum absolute atomic E-state index is 2.31. The topological polar surface area (TPSA) is 6.25 Å². The summed E-state index contributed by atoms with van der Waals surface area (Å²) >= 11 is -0.140. The molecule has 0 bridgehead atoms. The average molecular weight is 233 g/mol. The zero-order valence-corrected chi connectivity index (χ0v) is 8.55. The number of nitrogens with zero attached hydrogens (tertiary/aromatic N) is 2. The van der Waals surface area contributed by atoms with Crippen LogP contribution in [0.15, 0.2) is 10.2 Å². The Labute approximate surface area is 66.4 Å². The summed E-state index contributed by atoms with van der Waals surface area (Å²) in [5.41, 5.74) is 0. The molecule has 0 saturated carbocycles. The van der Waals surface area contributed by atoms with E-state index in [0.717, 1.165) is 0 Å². The maximum atomic E-state index is 2.31. The second-order valence-corrected chi connectivity index (χ2v) is 4.96. The van der Waals surface area contributed by atoms with Gasteiger partial charge in [-0.2, -0.15) is 0 Å². The summed E-state index contributed by atoms with van der Waals surface area (Å²) in [5, 5.41) is 0. The predicted molar refractivity (Wildman–Crippen MR) is 39.8 cm³/mol. The van der Waals surface area contributed by atoms with E-state index in [2.05, 4.69) is 40.8 Å². The van der Waals surface area contributed by atoms with E-state index >= 15 is 0 Å². The van der Waals surface area contributed by atoms with Gasteiger partial charge in [0.1, 0.15) is 0 Å². The number of hydrogen-bond donors (Lipinski definition) is 0. The Hall–Kier alpha value is 0.0282. The van der Waals surface area contributed by atoms with Gasteiger partial charge < -0.3 is 0 Å². The molecule has 1 rings (SSSR count). The van der Waals surface area contributed by atoms with Crippen molar-refractivity contribution >= 4 is 25.4 Å². The fourth-order valence-corrected chi connectivity index (χ4v) is 3.30. The molecule has 3 heteroatoms. The SMILES string of the molecule is CN1C=[CH][Sb][C]1=[N+](C)C. The third-order valence-corrected chi connectivity index (χ3v) is 4.70. The number of rotatable bonds is 0.